The summed E-state index contributed by atoms with van der Waals surface area (Å²) >= 11 is 6.07. The number of halogens is 1. The molecule has 6 heteroatoms. The van der Waals surface area contributed by atoms with Crippen LogP contribution in [0.2, 0.25) is 5.02 Å². The predicted octanol–water partition coefficient (Wildman–Crippen LogP) is 6.44. The van der Waals surface area contributed by atoms with Gasteiger partial charge in [0.1, 0.15) is 12.4 Å². The van der Waals surface area contributed by atoms with Crippen LogP contribution in [0, 0.1) is 0 Å². The Labute approximate surface area is 231 Å². The van der Waals surface area contributed by atoms with Gasteiger partial charge in [-0.15, -0.1) is 0 Å². The third-order valence-corrected chi connectivity index (χ3v) is 7.39. The standard InChI is InChI=1S/C32H37ClN2O3/c1-2-34-20-10-3-4-11-21-35(31(36)23-26-16-18-27(33)19-17-26)28(22-25-12-6-5-7-13-25)24-38-30-15-9-8-14-29(30)32(34)37/h5-9,12-19,28H,2-4,10-11,20-24H2,1H3/t28-/m0/s1. The topological polar surface area (TPSA) is 49.9 Å². The first-order valence-electron chi connectivity index (χ1n) is 13.6. The maximum absolute atomic E-state index is 13.7. The number of para-hydroxylation sites is 1. The molecule has 3 aromatic carbocycles. The average Bonchev–Trinajstić information content (AvgIpc) is 2.94. The molecule has 0 spiro atoms. The van der Waals surface area contributed by atoms with Crippen LogP contribution in [0.1, 0.15) is 54.1 Å². The highest BCUT2D eigenvalue weighted by Gasteiger charge is 2.26. The molecule has 0 unspecified atom stereocenters. The van der Waals surface area contributed by atoms with Crippen LogP contribution in [0.5, 0.6) is 5.75 Å². The number of fused-ring (bicyclic) bond motifs is 1. The molecule has 38 heavy (non-hydrogen) atoms. The van der Waals surface area contributed by atoms with E-state index in [-0.39, 0.29) is 17.9 Å². The van der Waals surface area contributed by atoms with E-state index < -0.39 is 0 Å². The van der Waals surface area contributed by atoms with Gasteiger partial charge in [-0.25, -0.2) is 0 Å². The molecular formula is C32H37ClN2O3. The number of rotatable bonds is 5. The van der Waals surface area contributed by atoms with Gasteiger partial charge in [0.15, 0.2) is 0 Å². The van der Waals surface area contributed by atoms with Crippen molar-refractivity contribution in [3.8, 4) is 5.75 Å². The number of carbonyl (C=O) groups is 2. The first-order chi connectivity index (χ1) is 18.5. The minimum absolute atomic E-state index is 0.00422. The van der Waals surface area contributed by atoms with Crippen molar-refractivity contribution in [1.82, 2.24) is 9.80 Å². The molecule has 3 aromatic rings. The van der Waals surface area contributed by atoms with E-state index in [0.29, 0.717) is 48.9 Å². The van der Waals surface area contributed by atoms with Gasteiger partial charge >= 0.3 is 0 Å². The molecular weight excluding hydrogens is 496 g/mol. The lowest BCUT2D eigenvalue weighted by atomic mass is 10.0. The van der Waals surface area contributed by atoms with Crippen molar-refractivity contribution >= 4 is 23.4 Å². The highest BCUT2D eigenvalue weighted by atomic mass is 35.5. The number of nitrogens with zero attached hydrogens (tertiary/aromatic N) is 2. The highest BCUT2D eigenvalue weighted by molar-refractivity contribution is 6.30. The molecule has 1 aliphatic rings. The van der Waals surface area contributed by atoms with Crippen molar-refractivity contribution in [3.63, 3.8) is 0 Å². The molecule has 1 atom stereocenters. The molecule has 0 saturated carbocycles. The lowest BCUT2D eigenvalue weighted by Crippen LogP contribution is -2.46. The first-order valence-corrected chi connectivity index (χ1v) is 14.0. The number of hydrogen-bond donors (Lipinski definition) is 0. The van der Waals surface area contributed by atoms with Crippen LogP contribution < -0.4 is 4.74 Å². The van der Waals surface area contributed by atoms with Gasteiger partial charge in [-0.05, 0) is 61.6 Å². The Morgan fingerprint density at radius 3 is 2.29 bits per heavy atom. The lowest BCUT2D eigenvalue weighted by Gasteiger charge is -2.33. The predicted molar refractivity (Wildman–Crippen MR) is 153 cm³/mol. The molecule has 0 bridgehead atoms. The fourth-order valence-corrected chi connectivity index (χ4v) is 5.13. The summed E-state index contributed by atoms with van der Waals surface area (Å²) in [4.78, 5) is 31.0. The van der Waals surface area contributed by atoms with Crippen LogP contribution in [-0.4, -0.2) is 53.9 Å². The molecule has 0 aliphatic carbocycles. The van der Waals surface area contributed by atoms with Gasteiger partial charge in [0.05, 0.1) is 18.0 Å². The van der Waals surface area contributed by atoms with Gasteiger partial charge in [0.2, 0.25) is 5.91 Å². The Balaban J connectivity index is 1.64. The second-order valence-electron chi connectivity index (χ2n) is 9.84. The minimum Gasteiger partial charge on any atom is -0.491 e. The van der Waals surface area contributed by atoms with Gasteiger partial charge in [0.25, 0.3) is 5.91 Å². The SMILES string of the molecule is CCN1CCCCCCN(C(=O)Cc2ccc(Cl)cc2)[C@@H](Cc2ccccc2)COc2ccccc2C1=O. The van der Waals surface area contributed by atoms with Crippen LogP contribution in [0.4, 0.5) is 0 Å². The highest BCUT2D eigenvalue weighted by Crippen LogP contribution is 2.23. The quantitative estimate of drug-likeness (QED) is 0.380. The first kappa shape index (κ1) is 27.7. The largest absolute Gasteiger partial charge is 0.491 e. The van der Waals surface area contributed by atoms with Crippen molar-refractivity contribution in [2.45, 2.75) is 51.5 Å². The molecule has 2 amide bonds. The molecule has 1 aliphatic heterocycles. The van der Waals surface area contributed by atoms with E-state index >= 15 is 0 Å². The van der Waals surface area contributed by atoms with Crippen molar-refractivity contribution in [3.05, 3.63) is 101 Å². The molecule has 5 nitrogen and oxygen atoms in total. The van der Waals surface area contributed by atoms with Crippen molar-refractivity contribution in [2.24, 2.45) is 0 Å². The Morgan fingerprint density at radius 2 is 1.55 bits per heavy atom. The van der Waals surface area contributed by atoms with Gasteiger partial charge < -0.3 is 14.5 Å². The summed E-state index contributed by atoms with van der Waals surface area (Å²) in [6.07, 6.45) is 4.85. The maximum Gasteiger partial charge on any atom is 0.257 e. The number of ether oxygens (including phenoxy) is 1. The normalized spacial score (nSPS) is 17.3. The van der Waals surface area contributed by atoms with Crippen molar-refractivity contribution in [1.29, 1.82) is 0 Å². The Bertz CT molecular complexity index is 1180. The molecule has 0 saturated heterocycles. The summed E-state index contributed by atoms with van der Waals surface area (Å²) < 4.78 is 6.37. The summed E-state index contributed by atoms with van der Waals surface area (Å²) in [5.41, 5.74) is 2.66. The number of hydrogen-bond acceptors (Lipinski definition) is 3. The van der Waals surface area contributed by atoms with Crippen LogP contribution in [0.3, 0.4) is 0 Å². The Morgan fingerprint density at radius 1 is 0.868 bits per heavy atom. The monoisotopic (exact) mass is 532 g/mol. The summed E-state index contributed by atoms with van der Waals surface area (Å²) in [7, 11) is 0. The van der Waals surface area contributed by atoms with E-state index in [1.165, 1.54) is 0 Å². The molecule has 0 radical (unpaired) electrons. The van der Waals surface area contributed by atoms with Crippen LogP contribution in [0.25, 0.3) is 0 Å². The van der Waals surface area contributed by atoms with Crippen molar-refractivity contribution in [2.75, 3.05) is 26.2 Å². The zero-order valence-corrected chi connectivity index (χ0v) is 22.9. The van der Waals surface area contributed by atoms with E-state index in [1.807, 2.05) is 83.5 Å². The minimum atomic E-state index is -0.175. The van der Waals surface area contributed by atoms with Gasteiger partial charge in [0, 0.05) is 24.7 Å². The number of benzene rings is 3. The summed E-state index contributed by atoms with van der Waals surface area (Å²) in [6.45, 7) is 4.38. The second kappa shape index (κ2) is 14.0. The fourth-order valence-electron chi connectivity index (χ4n) is 5.00. The number of carbonyl (C=O) groups excluding carboxylic acids is 2. The fraction of sp³-hybridized carbons (Fsp3) is 0.375. The molecule has 0 fully saturated rings. The maximum atomic E-state index is 13.7. The van der Waals surface area contributed by atoms with Crippen LogP contribution in [-0.2, 0) is 17.6 Å². The van der Waals surface area contributed by atoms with E-state index in [4.69, 9.17) is 16.3 Å². The van der Waals surface area contributed by atoms with Gasteiger partial charge in [-0.1, -0.05) is 79.0 Å². The molecule has 1 heterocycles. The van der Waals surface area contributed by atoms with E-state index in [0.717, 1.165) is 43.4 Å². The van der Waals surface area contributed by atoms with Gasteiger partial charge in [-0.2, -0.15) is 0 Å². The Hall–Kier alpha value is -3.31. The third kappa shape index (κ3) is 7.61. The Kier molecular flexibility index (Phi) is 10.2. The lowest BCUT2D eigenvalue weighted by molar-refractivity contribution is -0.133. The van der Waals surface area contributed by atoms with Crippen molar-refractivity contribution < 1.29 is 14.3 Å². The summed E-state index contributed by atoms with van der Waals surface area (Å²) in [5, 5.41) is 0.657. The number of amides is 2. The van der Waals surface area contributed by atoms with E-state index in [1.54, 1.807) is 0 Å². The zero-order valence-electron chi connectivity index (χ0n) is 22.2. The van der Waals surface area contributed by atoms with E-state index in [2.05, 4.69) is 12.1 Å². The summed E-state index contributed by atoms with van der Waals surface area (Å²) in [5.74, 6) is 0.636. The van der Waals surface area contributed by atoms with Crippen LogP contribution >= 0.6 is 11.6 Å². The second-order valence-corrected chi connectivity index (χ2v) is 10.3. The molecule has 200 valence electrons. The zero-order chi connectivity index (χ0) is 26.7. The van der Waals surface area contributed by atoms with Crippen LogP contribution in [0.15, 0.2) is 78.9 Å². The molecule has 4 rings (SSSR count). The smallest absolute Gasteiger partial charge is 0.257 e. The van der Waals surface area contributed by atoms with E-state index in [9.17, 15) is 9.59 Å². The third-order valence-electron chi connectivity index (χ3n) is 7.14. The summed E-state index contributed by atoms with van der Waals surface area (Å²) in [6, 6.07) is 25.0. The molecule has 0 N–H and O–H groups in total. The molecule has 0 aromatic heterocycles. The van der Waals surface area contributed by atoms with Gasteiger partial charge in [-0.3, -0.25) is 9.59 Å². The average molecular weight is 533 g/mol.